The average molecular weight is 337 g/mol. The van der Waals surface area contributed by atoms with E-state index in [-0.39, 0.29) is 0 Å². The van der Waals surface area contributed by atoms with Crippen LogP contribution < -0.4 is 0 Å². The zero-order chi connectivity index (χ0) is 14.7. The number of aryl methyl sites for hydroxylation is 1. The molecule has 5 aromatic rings. The fraction of sp³-hybridized carbons (Fsp3) is 0.0526. The minimum absolute atomic E-state index is 1.34. The van der Waals surface area contributed by atoms with Crippen LogP contribution in [0.3, 0.4) is 0 Å². The van der Waals surface area contributed by atoms with Gasteiger partial charge in [-0.1, -0.05) is 0 Å². The Hall–Kier alpha value is -1.68. The third kappa shape index (κ3) is 1.93. The summed E-state index contributed by atoms with van der Waals surface area (Å²) in [5.74, 6) is 0. The largest absolute Gasteiger partial charge is 0.144 e. The summed E-state index contributed by atoms with van der Waals surface area (Å²) < 4.78 is 2.75. The first-order valence-electron chi connectivity index (χ1n) is 7.18. The molecule has 0 aliphatic rings. The van der Waals surface area contributed by atoms with Crippen molar-refractivity contribution < 1.29 is 0 Å². The summed E-state index contributed by atoms with van der Waals surface area (Å²) in [4.78, 5) is 4.13. The van der Waals surface area contributed by atoms with E-state index in [1.54, 1.807) is 0 Å². The van der Waals surface area contributed by atoms with Crippen LogP contribution in [-0.4, -0.2) is 0 Å². The molecule has 3 heterocycles. The summed E-state index contributed by atoms with van der Waals surface area (Å²) in [6.45, 7) is 2.17. The van der Waals surface area contributed by atoms with Crippen LogP contribution in [0, 0.1) is 6.92 Å². The van der Waals surface area contributed by atoms with Crippen molar-refractivity contribution >= 4 is 65.0 Å². The second kappa shape index (κ2) is 4.66. The maximum absolute atomic E-state index is 2.35. The topological polar surface area (TPSA) is 0 Å². The van der Waals surface area contributed by atoms with Crippen LogP contribution >= 0.6 is 34.0 Å². The molecular weight excluding hydrogens is 324 g/mol. The van der Waals surface area contributed by atoms with Crippen molar-refractivity contribution in [1.29, 1.82) is 0 Å². The monoisotopic (exact) mass is 336 g/mol. The van der Waals surface area contributed by atoms with Crippen LogP contribution in [0.15, 0.2) is 53.9 Å². The normalized spacial score (nSPS) is 11.9. The standard InChI is InChI=1S/C19H12S3/c1-11-2-3-16(21-11)19-10-15-7-13-6-12-4-5-20-17(12)8-14(13)9-18(15)22-19/h2-10H,1H3. The highest BCUT2D eigenvalue weighted by Crippen LogP contribution is 2.39. The first kappa shape index (κ1) is 12.8. The van der Waals surface area contributed by atoms with Gasteiger partial charge in [-0.2, -0.15) is 0 Å². The summed E-state index contributed by atoms with van der Waals surface area (Å²) in [5.41, 5.74) is 0. The number of rotatable bonds is 1. The van der Waals surface area contributed by atoms with E-state index in [1.807, 2.05) is 34.0 Å². The Morgan fingerprint density at radius 3 is 2.32 bits per heavy atom. The minimum Gasteiger partial charge on any atom is -0.144 e. The van der Waals surface area contributed by atoms with Crippen LogP contribution in [0.1, 0.15) is 4.88 Å². The molecule has 0 nitrogen and oxygen atoms in total. The maximum Gasteiger partial charge on any atom is 0.0455 e. The SMILES string of the molecule is Cc1ccc(-c2cc3cc4cc5ccsc5cc4cc3s2)s1. The lowest BCUT2D eigenvalue weighted by Gasteiger charge is -1.99. The van der Waals surface area contributed by atoms with Crippen LogP contribution in [0.4, 0.5) is 0 Å². The second-order valence-corrected chi connectivity index (χ2v) is 8.89. The molecule has 0 saturated carbocycles. The van der Waals surface area contributed by atoms with Gasteiger partial charge in [0.25, 0.3) is 0 Å². The molecule has 0 bridgehead atoms. The summed E-state index contributed by atoms with van der Waals surface area (Å²) in [6.07, 6.45) is 0. The Morgan fingerprint density at radius 1 is 0.636 bits per heavy atom. The smallest absolute Gasteiger partial charge is 0.0455 e. The van der Waals surface area contributed by atoms with Gasteiger partial charge in [0.2, 0.25) is 0 Å². The molecule has 0 fully saturated rings. The zero-order valence-electron chi connectivity index (χ0n) is 11.9. The molecule has 22 heavy (non-hydrogen) atoms. The highest BCUT2D eigenvalue weighted by Gasteiger charge is 2.08. The van der Waals surface area contributed by atoms with Gasteiger partial charge in [0, 0.05) is 24.0 Å². The fourth-order valence-electron chi connectivity index (χ4n) is 2.93. The Balaban J connectivity index is 1.78. The Labute approximate surface area is 140 Å². The molecule has 0 unspecified atom stereocenters. The fourth-order valence-corrected chi connectivity index (χ4v) is 5.80. The maximum atomic E-state index is 2.35. The number of hydrogen-bond acceptors (Lipinski definition) is 3. The zero-order valence-corrected chi connectivity index (χ0v) is 14.4. The molecule has 3 heteroatoms. The number of thiophene rings is 3. The molecule has 0 saturated heterocycles. The number of benzene rings is 2. The van der Waals surface area contributed by atoms with Gasteiger partial charge in [-0.15, -0.1) is 34.0 Å². The van der Waals surface area contributed by atoms with Crippen LogP contribution in [-0.2, 0) is 0 Å². The Morgan fingerprint density at radius 2 is 1.45 bits per heavy atom. The lowest BCUT2D eigenvalue weighted by atomic mass is 10.1. The molecule has 0 N–H and O–H groups in total. The van der Waals surface area contributed by atoms with Crippen molar-refractivity contribution in [2.24, 2.45) is 0 Å². The lowest BCUT2D eigenvalue weighted by molar-refractivity contribution is 1.64. The molecule has 3 aromatic heterocycles. The predicted molar refractivity (Wildman–Crippen MR) is 103 cm³/mol. The molecule has 5 rings (SSSR count). The summed E-state index contributed by atoms with van der Waals surface area (Å²) in [5, 5.41) is 7.56. The molecule has 0 aliphatic heterocycles. The highest BCUT2D eigenvalue weighted by atomic mass is 32.1. The third-order valence-corrected chi connectivity index (χ3v) is 7.20. The van der Waals surface area contributed by atoms with Crippen molar-refractivity contribution in [1.82, 2.24) is 0 Å². The van der Waals surface area contributed by atoms with E-state index in [0.29, 0.717) is 0 Å². The van der Waals surface area contributed by atoms with E-state index in [2.05, 4.69) is 60.8 Å². The van der Waals surface area contributed by atoms with Crippen molar-refractivity contribution in [3.63, 3.8) is 0 Å². The van der Waals surface area contributed by atoms with Gasteiger partial charge >= 0.3 is 0 Å². The summed E-state index contributed by atoms with van der Waals surface area (Å²) in [6, 6.07) is 18.3. The van der Waals surface area contributed by atoms with Gasteiger partial charge in [-0.25, -0.2) is 0 Å². The lowest BCUT2D eigenvalue weighted by Crippen LogP contribution is -1.72. The van der Waals surface area contributed by atoms with Crippen LogP contribution in [0.5, 0.6) is 0 Å². The average Bonchev–Trinajstić information content (AvgIpc) is 3.20. The molecule has 0 atom stereocenters. The molecule has 2 aromatic carbocycles. The van der Waals surface area contributed by atoms with Gasteiger partial charge in [0.05, 0.1) is 0 Å². The Bertz CT molecular complexity index is 1070. The van der Waals surface area contributed by atoms with Crippen molar-refractivity contribution in [2.75, 3.05) is 0 Å². The van der Waals surface area contributed by atoms with Crippen LogP contribution in [0.25, 0.3) is 40.7 Å². The summed E-state index contributed by atoms with van der Waals surface area (Å²) in [7, 11) is 0. The van der Waals surface area contributed by atoms with E-state index in [4.69, 9.17) is 0 Å². The van der Waals surface area contributed by atoms with Gasteiger partial charge in [0.1, 0.15) is 0 Å². The minimum atomic E-state index is 1.34. The first-order chi connectivity index (χ1) is 10.8. The van der Waals surface area contributed by atoms with Gasteiger partial charge < -0.3 is 0 Å². The molecule has 0 radical (unpaired) electrons. The molecule has 106 valence electrons. The van der Waals surface area contributed by atoms with E-state index < -0.39 is 0 Å². The van der Waals surface area contributed by atoms with Gasteiger partial charge in [0.15, 0.2) is 0 Å². The van der Waals surface area contributed by atoms with Crippen molar-refractivity contribution in [3.8, 4) is 9.75 Å². The Kier molecular flexibility index (Phi) is 2.71. The van der Waals surface area contributed by atoms with Gasteiger partial charge in [-0.05, 0) is 82.4 Å². The second-order valence-electron chi connectivity index (χ2n) is 5.57. The quantitative estimate of drug-likeness (QED) is 0.301. The molecule has 0 aliphatic carbocycles. The van der Waals surface area contributed by atoms with E-state index >= 15 is 0 Å². The van der Waals surface area contributed by atoms with Crippen LogP contribution in [0.2, 0.25) is 0 Å². The van der Waals surface area contributed by atoms with E-state index in [1.165, 1.54) is 45.6 Å². The number of hydrogen-bond donors (Lipinski definition) is 0. The summed E-state index contributed by atoms with van der Waals surface area (Å²) >= 11 is 5.59. The van der Waals surface area contributed by atoms with Crippen molar-refractivity contribution in [3.05, 3.63) is 58.8 Å². The molecule has 0 spiro atoms. The van der Waals surface area contributed by atoms with Gasteiger partial charge in [-0.3, -0.25) is 0 Å². The number of fused-ring (bicyclic) bond motifs is 3. The highest BCUT2D eigenvalue weighted by molar-refractivity contribution is 7.26. The van der Waals surface area contributed by atoms with E-state index in [9.17, 15) is 0 Å². The van der Waals surface area contributed by atoms with Crippen molar-refractivity contribution in [2.45, 2.75) is 6.92 Å². The molecule has 0 amide bonds. The molecular formula is C19H12S3. The first-order valence-corrected chi connectivity index (χ1v) is 9.69. The van der Waals surface area contributed by atoms with E-state index in [0.717, 1.165) is 0 Å². The predicted octanol–water partition coefficient (Wildman–Crippen LogP) is 7.31. The third-order valence-electron chi connectivity index (χ3n) is 4.03.